The first-order valence-electron chi connectivity index (χ1n) is 3.37. The Morgan fingerprint density at radius 3 is 2.55 bits per heavy atom. The molecule has 0 radical (unpaired) electrons. The SMILES string of the molecule is COc1ccc(C(C)N)nn1. The van der Waals surface area contributed by atoms with E-state index in [0.29, 0.717) is 5.88 Å². The molecule has 1 aromatic heterocycles. The number of hydrogen-bond donors (Lipinski definition) is 1. The minimum absolute atomic E-state index is 0.0755. The summed E-state index contributed by atoms with van der Waals surface area (Å²) in [6.07, 6.45) is 0. The summed E-state index contributed by atoms with van der Waals surface area (Å²) in [5.74, 6) is 0.509. The van der Waals surface area contributed by atoms with Crippen molar-refractivity contribution in [2.45, 2.75) is 13.0 Å². The molecule has 0 aromatic carbocycles. The van der Waals surface area contributed by atoms with Crippen molar-refractivity contribution >= 4 is 0 Å². The summed E-state index contributed by atoms with van der Waals surface area (Å²) >= 11 is 0. The van der Waals surface area contributed by atoms with E-state index < -0.39 is 0 Å². The Morgan fingerprint density at radius 2 is 2.18 bits per heavy atom. The Bertz CT molecular complexity index is 220. The highest BCUT2D eigenvalue weighted by molar-refractivity contribution is 5.12. The van der Waals surface area contributed by atoms with Gasteiger partial charge in [0.1, 0.15) is 0 Å². The number of methoxy groups -OCH3 is 1. The second-order valence-corrected chi connectivity index (χ2v) is 2.29. The third kappa shape index (κ3) is 1.88. The van der Waals surface area contributed by atoms with E-state index in [1.54, 1.807) is 19.2 Å². The molecule has 0 saturated carbocycles. The Kier molecular flexibility index (Phi) is 2.38. The molecule has 4 nitrogen and oxygen atoms in total. The van der Waals surface area contributed by atoms with Crippen molar-refractivity contribution in [3.8, 4) is 5.88 Å². The number of rotatable bonds is 2. The average molecular weight is 153 g/mol. The molecule has 0 aliphatic heterocycles. The van der Waals surface area contributed by atoms with Gasteiger partial charge in [0.05, 0.1) is 12.8 Å². The zero-order valence-corrected chi connectivity index (χ0v) is 6.61. The predicted molar refractivity (Wildman–Crippen MR) is 41.2 cm³/mol. The molecule has 1 atom stereocenters. The molecule has 1 unspecified atom stereocenters. The normalized spacial score (nSPS) is 12.6. The van der Waals surface area contributed by atoms with Crippen molar-refractivity contribution in [1.29, 1.82) is 0 Å². The third-order valence-corrected chi connectivity index (χ3v) is 1.34. The fourth-order valence-corrected chi connectivity index (χ4v) is 0.682. The van der Waals surface area contributed by atoms with Crippen LogP contribution in [0.25, 0.3) is 0 Å². The van der Waals surface area contributed by atoms with E-state index in [9.17, 15) is 0 Å². The van der Waals surface area contributed by atoms with Crippen LogP contribution in [0.1, 0.15) is 18.7 Å². The number of aromatic nitrogens is 2. The van der Waals surface area contributed by atoms with Crippen molar-refractivity contribution in [2.75, 3.05) is 7.11 Å². The molecular formula is C7H11N3O. The van der Waals surface area contributed by atoms with Gasteiger partial charge in [0.15, 0.2) is 0 Å². The Hall–Kier alpha value is -1.16. The topological polar surface area (TPSA) is 61.0 Å². The Morgan fingerprint density at radius 1 is 1.45 bits per heavy atom. The molecule has 0 aliphatic carbocycles. The molecule has 1 aromatic rings. The molecule has 4 heteroatoms. The summed E-state index contributed by atoms with van der Waals surface area (Å²) in [6.45, 7) is 1.86. The minimum Gasteiger partial charge on any atom is -0.480 e. The van der Waals surface area contributed by atoms with Gasteiger partial charge in [0, 0.05) is 12.1 Å². The lowest BCUT2D eigenvalue weighted by atomic mass is 10.2. The smallest absolute Gasteiger partial charge is 0.233 e. The van der Waals surface area contributed by atoms with E-state index >= 15 is 0 Å². The summed E-state index contributed by atoms with van der Waals surface area (Å²) in [5, 5.41) is 7.62. The molecule has 1 heterocycles. The van der Waals surface area contributed by atoms with Gasteiger partial charge in [-0.25, -0.2) is 0 Å². The van der Waals surface area contributed by atoms with E-state index in [0.717, 1.165) is 5.69 Å². The zero-order valence-electron chi connectivity index (χ0n) is 6.61. The van der Waals surface area contributed by atoms with Gasteiger partial charge >= 0.3 is 0 Å². The second kappa shape index (κ2) is 3.30. The molecule has 0 fully saturated rings. The van der Waals surface area contributed by atoms with Crippen LogP contribution in [0, 0.1) is 0 Å². The predicted octanol–water partition coefficient (Wildman–Crippen LogP) is 0.505. The van der Waals surface area contributed by atoms with Crippen molar-refractivity contribution in [3.63, 3.8) is 0 Å². The highest BCUT2D eigenvalue weighted by Gasteiger charge is 2.00. The molecule has 60 valence electrons. The van der Waals surface area contributed by atoms with Gasteiger partial charge in [-0.05, 0) is 13.0 Å². The van der Waals surface area contributed by atoms with Gasteiger partial charge in [-0.15, -0.1) is 5.10 Å². The molecule has 1 rings (SSSR count). The maximum atomic E-state index is 5.56. The lowest BCUT2D eigenvalue weighted by Crippen LogP contribution is -2.08. The summed E-state index contributed by atoms with van der Waals surface area (Å²) in [4.78, 5) is 0. The number of nitrogens with zero attached hydrogens (tertiary/aromatic N) is 2. The highest BCUT2D eigenvalue weighted by Crippen LogP contribution is 2.07. The quantitative estimate of drug-likeness (QED) is 0.672. The first-order valence-corrected chi connectivity index (χ1v) is 3.37. The Labute approximate surface area is 65.4 Å². The van der Waals surface area contributed by atoms with E-state index in [2.05, 4.69) is 10.2 Å². The molecule has 2 N–H and O–H groups in total. The fraction of sp³-hybridized carbons (Fsp3) is 0.429. The van der Waals surface area contributed by atoms with Crippen LogP contribution in [0.3, 0.4) is 0 Å². The monoisotopic (exact) mass is 153 g/mol. The Balaban J connectivity index is 2.83. The van der Waals surface area contributed by atoms with Crippen LogP contribution in [0.15, 0.2) is 12.1 Å². The average Bonchev–Trinajstić information content (AvgIpc) is 2.05. The van der Waals surface area contributed by atoms with Crippen LogP contribution in [0.2, 0.25) is 0 Å². The maximum Gasteiger partial charge on any atom is 0.233 e. The van der Waals surface area contributed by atoms with Crippen LogP contribution in [0.5, 0.6) is 5.88 Å². The largest absolute Gasteiger partial charge is 0.480 e. The van der Waals surface area contributed by atoms with Crippen LogP contribution in [-0.2, 0) is 0 Å². The summed E-state index contributed by atoms with van der Waals surface area (Å²) in [7, 11) is 1.55. The maximum absolute atomic E-state index is 5.56. The number of nitrogens with two attached hydrogens (primary N) is 1. The van der Waals surface area contributed by atoms with E-state index in [4.69, 9.17) is 10.5 Å². The van der Waals surface area contributed by atoms with Crippen LogP contribution in [0.4, 0.5) is 0 Å². The van der Waals surface area contributed by atoms with Gasteiger partial charge in [-0.1, -0.05) is 0 Å². The van der Waals surface area contributed by atoms with Crippen molar-refractivity contribution in [1.82, 2.24) is 10.2 Å². The number of hydrogen-bond acceptors (Lipinski definition) is 4. The summed E-state index contributed by atoms with van der Waals surface area (Å²) in [5.41, 5.74) is 6.33. The van der Waals surface area contributed by atoms with Gasteiger partial charge in [-0.3, -0.25) is 0 Å². The van der Waals surface area contributed by atoms with E-state index in [1.165, 1.54) is 0 Å². The molecule has 0 aliphatic rings. The van der Waals surface area contributed by atoms with Gasteiger partial charge in [0.2, 0.25) is 5.88 Å². The first kappa shape index (κ1) is 7.94. The standard InChI is InChI=1S/C7H11N3O/c1-5(8)6-3-4-7(11-2)10-9-6/h3-5H,8H2,1-2H3. The molecular weight excluding hydrogens is 142 g/mol. The van der Waals surface area contributed by atoms with E-state index in [1.807, 2.05) is 6.92 Å². The zero-order chi connectivity index (χ0) is 8.27. The molecule has 11 heavy (non-hydrogen) atoms. The second-order valence-electron chi connectivity index (χ2n) is 2.29. The molecule has 0 amide bonds. The fourth-order valence-electron chi connectivity index (χ4n) is 0.682. The lowest BCUT2D eigenvalue weighted by molar-refractivity contribution is 0.390. The summed E-state index contributed by atoms with van der Waals surface area (Å²) in [6, 6.07) is 3.47. The van der Waals surface area contributed by atoms with Gasteiger partial charge < -0.3 is 10.5 Å². The highest BCUT2D eigenvalue weighted by atomic mass is 16.5. The van der Waals surface area contributed by atoms with Crippen molar-refractivity contribution < 1.29 is 4.74 Å². The summed E-state index contributed by atoms with van der Waals surface area (Å²) < 4.78 is 4.83. The first-order chi connectivity index (χ1) is 5.24. The lowest BCUT2D eigenvalue weighted by Gasteiger charge is -2.02. The van der Waals surface area contributed by atoms with Gasteiger partial charge in [0.25, 0.3) is 0 Å². The third-order valence-electron chi connectivity index (χ3n) is 1.34. The van der Waals surface area contributed by atoms with E-state index in [-0.39, 0.29) is 6.04 Å². The molecule has 0 saturated heterocycles. The van der Waals surface area contributed by atoms with Crippen molar-refractivity contribution in [3.05, 3.63) is 17.8 Å². The minimum atomic E-state index is -0.0755. The van der Waals surface area contributed by atoms with Crippen LogP contribution in [-0.4, -0.2) is 17.3 Å². The molecule has 0 spiro atoms. The number of ether oxygens (including phenoxy) is 1. The van der Waals surface area contributed by atoms with Gasteiger partial charge in [-0.2, -0.15) is 5.10 Å². The van der Waals surface area contributed by atoms with Crippen LogP contribution >= 0.6 is 0 Å². The molecule has 0 bridgehead atoms. The van der Waals surface area contributed by atoms with Crippen LogP contribution < -0.4 is 10.5 Å². The van der Waals surface area contributed by atoms with Crippen molar-refractivity contribution in [2.24, 2.45) is 5.73 Å².